The van der Waals surface area contributed by atoms with Gasteiger partial charge in [-0.3, -0.25) is 4.79 Å². The van der Waals surface area contributed by atoms with Crippen LogP contribution in [0.1, 0.15) is 40.9 Å². The van der Waals surface area contributed by atoms with Gasteiger partial charge < -0.3 is 14.4 Å². The minimum absolute atomic E-state index is 0.129. The van der Waals surface area contributed by atoms with Crippen LogP contribution in [0.3, 0.4) is 0 Å². The number of hydrogen-bond donors (Lipinski definition) is 0. The van der Waals surface area contributed by atoms with Gasteiger partial charge >= 0.3 is 0 Å². The molecule has 2 atom stereocenters. The van der Waals surface area contributed by atoms with Crippen LogP contribution in [-0.2, 0) is 9.47 Å². The number of fused-ring (bicyclic) bond motifs is 1. The third-order valence-electron chi connectivity index (χ3n) is 5.22. The zero-order valence-corrected chi connectivity index (χ0v) is 15.5. The number of carbonyl (C=O) groups excluding carboxylic acids is 1. The Labute approximate surface area is 152 Å². The van der Waals surface area contributed by atoms with Crippen molar-refractivity contribution in [3.8, 4) is 0 Å². The molecule has 25 heavy (non-hydrogen) atoms. The first kappa shape index (κ1) is 17.0. The van der Waals surface area contributed by atoms with Gasteiger partial charge in [0.05, 0.1) is 17.1 Å². The Bertz CT molecular complexity index is 726. The lowest BCUT2D eigenvalue weighted by Gasteiger charge is -2.27. The summed E-state index contributed by atoms with van der Waals surface area (Å²) in [5, 5.41) is 1.19. The van der Waals surface area contributed by atoms with E-state index in [-0.39, 0.29) is 18.1 Å². The summed E-state index contributed by atoms with van der Waals surface area (Å²) in [4.78, 5) is 16.2. The van der Waals surface area contributed by atoms with Gasteiger partial charge in [0.1, 0.15) is 0 Å². The molecule has 1 amide bonds. The highest BCUT2D eigenvalue weighted by Crippen LogP contribution is 2.32. The molecule has 1 aromatic heterocycles. The van der Waals surface area contributed by atoms with Crippen LogP contribution in [0, 0.1) is 6.92 Å². The number of benzene rings is 1. The van der Waals surface area contributed by atoms with Crippen LogP contribution < -0.4 is 0 Å². The topological polar surface area (TPSA) is 38.8 Å². The maximum absolute atomic E-state index is 13.3. The van der Waals surface area contributed by atoms with Crippen molar-refractivity contribution in [3.05, 3.63) is 34.7 Å². The van der Waals surface area contributed by atoms with Gasteiger partial charge in [0.2, 0.25) is 0 Å². The van der Waals surface area contributed by atoms with Gasteiger partial charge in [-0.05, 0) is 49.6 Å². The molecule has 0 N–H and O–H groups in total. The van der Waals surface area contributed by atoms with E-state index in [2.05, 4.69) is 19.1 Å². The first-order chi connectivity index (χ1) is 12.2. The first-order valence-corrected chi connectivity index (χ1v) is 10.0. The number of rotatable bonds is 5. The summed E-state index contributed by atoms with van der Waals surface area (Å²) < 4.78 is 12.8. The summed E-state index contributed by atoms with van der Waals surface area (Å²) in [6.45, 7) is 5.03. The Morgan fingerprint density at radius 2 is 1.76 bits per heavy atom. The summed E-state index contributed by atoms with van der Waals surface area (Å²) in [6.07, 6.45) is 4.60. The Morgan fingerprint density at radius 1 is 1.12 bits per heavy atom. The predicted octanol–water partition coefficient (Wildman–Crippen LogP) is 4.01. The molecule has 5 heteroatoms. The number of ether oxygens (including phenoxy) is 2. The zero-order valence-electron chi connectivity index (χ0n) is 14.7. The van der Waals surface area contributed by atoms with Gasteiger partial charge in [0.15, 0.2) is 0 Å². The molecule has 0 radical (unpaired) electrons. The van der Waals surface area contributed by atoms with Crippen molar-refractivity contribution in [1.82, 2.24) is 4.90 Å². The van der Waals surface area contributed by atoms with E-state index in [1.54, 1.807) is 11.3 Å². The summed E-state index contributed by atoms with van der Waals surface area (Å²) >= 11 is 1.60. The molecule has 0 spiro atoms. The number of carbonyl (C=O) groups is 1. The molecule has 2 fully saturated rings. The maximum Gasteiger partial charge on any atom is 0.264 e. The lowest BCUT2D eigenvalue weighted by molar-refractivity contribution is 0.0310. The van der Waals surface area contributed by atoms with Crippen LogP contribution in [0.4, 0.5) is 0 Å². The van der Waals surface area contributed by atoms with Crippen LogP contribution in [0.5, 0.6) is 0 Å². The molecule has 2 aliphatic rings. The second-order valence-electron chi connectivity index (χ2n) is 7.03. The van der Waals surface area contributed by atoms with Crippen molar-refractivity contribution in [1.29, 1.82) is 0 Å². The van der Waals surface area contributed by atoms with E-state index in [0.29, 0.717) is 13.1 Å². The average molecular weight is 359 g/mol. The van der Waals surface area contributed by atoms with Crippen molar-refractivity contribution in [2.75, 3.05) is 26.3 Å². The fourth-order valence-corrected chi connectivity index (χ4v) is 5.01. The van der Waals surface area contributed by atoms with Gasteiger partial charge in [-0.25, -0.2) is 0 Å². The van der Waals surface area contributed by atoms with Gasteiger partial charge in [-0.1, -0.05) is 18.2 Å². The fourth-order valence-electron chi connectivity index (χ4n) is 3.83. The molecule has 0 bridgehead atoms. The summed E-state index contributed by atoms with van der Waals surface area (Å²) in [5.74, 6) is 0.129. The van der Waals surface area contributed by atoms with E-state index in [1.165, 1.54) is 10.1 Å². The second-order valence-corrected chi connectivity index (χ2v) is 8.08. The maximum atomic E-state index is 13.3. The normalized spacial score (nSPS) is 23.4. The second kappa shape index (κ2) is 7.44. The van der Waals surface area contributed by atoms with Crippen molar-refractivity contribution in [2.24, 2.45) is 0 Å². The number of nitrogens with zero attached hydrogens (tertiary/aromatic N) is 1. The first-order valence-electron chi connectivity index (χ1n) is 9.23. The molecule has 0 aliphatic carbocycles. The highest BCUT2D eigenvalue weighted by molar-refractivity contribution is 7.21. The van der Waals surface area contributed by atoms with E-state index < -0.39 is 0 Å². The van der Waals surface area contributed by atoms with Gasteiger partial charge in [0, 0.05) is 31.0 Å². The number of thiophene rings is 1. The molecule has 3 heterocycles. The van der Waals surface area contributed by atoms with E-state index in [9.17, 15) is 4.79 Å². The van der Waals surface area contributed by atoms with Gasteiger partial charge in [-0.15, -0.1) is 11.3 Å². The van der Waals surface area contributed by atoms with Crippen molar-refractivity contribution in [3.63, 3.8) is 0 Å². The lowest BCUT2D eigenvalue weighted by atomic mass is 10.1. The SMILES string of the molecule is Cc1c(C(=O)N(C[C@H]2CCCO2)C[C@@H]2CCCO2)sc2ccccc12. The quantitative estimate of drug-likeness (QED) is 0.810. The van der Waals surface area contributed by atoms with Crippen molar-refractivity contribution in [2.45, 2.75) is 44.8 Å². The largest absolute Gasteiger partial charge is 0.376 e. The summed E-state index contributed by atoms with van der Waals surface area (Å²) in [5.41, 5.74) is 1.09. The minimum Gasteiger partial charge on any atom is -0.376 e. The Hall–Kier alpha value is -1.43. The minimum atomic E-state index is 0.129. The third-order valence-corrected chi connectivity index (χ3v) is 6.48. The van der Waals surface area contributed by atoms with Crippen LogP contribution in [0.15, 0.2) is 24.3 Å². The summed E-state index contributed by atoms with van der Waals surface area (Å²) in [6, 6.07) is 8.26. The van der Waals surface area contributed by atoms with Crippen LogP contribution in [0.2, 0.25) is 0 Å². The fraction of sp³-hybridized carbons (Fsp3) is 0.550. The van der Waals surface area contributed by atoms with Gasteiger partial charge in [0.25, 0.3) is 5.91 Å². The van der Waals surface area contributed by atoms with Gasteiger partial charge in [-0.2, -0.15) is 0 Å². The lowest BCUT2D eigenvalue weighted by Crippen LogP contribution is -2.41. The summed E-state index contributed by atoms with van der Waals surface area (Å²) in [7, 11) is 0. The highest BCUT2D eigenvalue weighted by Gasteiger charge is 2.29. The smallest absolute Gasteiger partial charge is 0.264 e. The number of aryl methyl sites for hydroxylation is 1. The molecule has 1 aromatic carbocycles. The molecule has 2 aromatic rings. The molecule has 0 unspecified atom stereocenters. The molecule has 134 valence electrons. The van der Waals surface area contributed by atoms with E-state index in [4.69, 9.17) is 9.47 Å². The monoisotopic (exact) mass is 359 g/mol. The van der Waals surface area contributed by atoms with E-state index in [0.717, 1.165) is 49.3 Å². The third kappa shape index (κ3) is 3.59. The van der Waals surface area contributed by atoms with Crippen molar-refractivity contribution >= 4 is 27.3 Å². The molecular weight excluding hydrogens is 334 g/mol. The van der Waals surface area contributed by atoms with E-state index >= 15 is 0 Å². The number of hydrogen-bond acceptors (Lipinski definition) is 4. The predicted molar refractivity (Wildman–Crippen MR) is 100 cm³/mol. The van der Waals surface area contributed by atoms with E-state index in [1.807, 2.05) is 17.0 Å². The van der Waals surface area contributed by atoms with Crippen LogP contribution in [0.25, 0.3) is 10.1 Å². The average Bonchev–Trinajstić information content (AvgIpc) is 3.36. The molecule has 4 rings (SSSR count). The Kier molecular flexibility index (Phi) is 5.06. The molecule has 0 saturated carbocycles. The van der Waals surface area contributed by atoms with Crippen LogP contribution >= 0.6 is 11.3 Å². The molecule has 2 aliphatic heterocycles. The molecule has 2 saturated heterocycles. The zero-order chi connectivity index (χ0) is 17.2. The van der Waals surface area contributed by atoms with Crippen molar-refractivity contribution < 1.29 is 14.3 Å². The molecule has 4 nitrogen and oxygen atoms in total. The highest BCUT2D eigenvalue weighted by atomic mass is 32.1. The number of amides is 1. The Morgan fingerprint density at radius 3 is 2.32 bits per heavy atom. The Balaban J connectivity index is 1.59. The standard InChI is InChI=1S/C20H25NO3S/c1-14-17-8-2-3-9-18(17)25-19(14)20(22)21(12-15-6-4-10-23-15)13-16-7-5-11-24-16/h2-3,8-9,15-16H,4-7,10-13H2,1H3/t15-,16+. The van der Waals surface area contributed by atoms with Crippen LogP contribution in [-0.4, -0.2) is 49.3 Å². The molecular formula is C20H25NO3S.